The van der Waals surface area contributed by atoms with Gasteiger partial charge in [0, 0.05) is 24.9 Å². The van der Waals surface area contributed by atoms with E-state index in [9.17, 15) is 9.90 Å². The van der Waals surface area contributed by atoms with Crippen molar-refractivity contribution in [2.45, 2.75) is 33.0 Å². The number of allylic oxidation sites excluding steroid dienone is 1. The number of aliphatic hydroxyl groups is 2. The lowest BCUT2D eigenvalue weighted by Gasteiger charge is -2.37. The molecular weight excluding hydrogens is 302 g/mol. The third-order valence-electron chi connectivity index (χ3n) is 4.46. The van der Waals surface area contributed by atoms with Crippen LogP contribution in [0.4, 0.5) is 0 Å². The highest BCUT2D eigenvalue weighted by Crippen LogP contribution is 2.43. The number of likely N-dealkylation sites (N-methyl/N-ethyl adjacent to an activating group) is 1. The second kappa shape index (κ2) is 7.92. The second-order valence-corrected chi connectivity index (χ2v) is 5.70. The van der Waals surface area contributed by atoms with Gasteiger partial charge in [-0.05, 0) is 13.3 Å². The zero-order valence-corrected chi connectivity index (χ0v) is 13.8. The molecule has 1 aliphatic carbocycles. The topological polar surface area (TPSA) is 88.5 Å². The van der Waals surface area contributed by atoms with Gasteiger partial charge in [-0.3, -0.25) is 9.64 Å². The molecule has 2 N–H and O–H groups in total. The van der Waals surface area contributed by atoms with Crippen molar-refractivity contribution in [3.05, 3.63) is 23.5 Å². The lowest BCUT2D eigenvalue weighted by molar-refractivity contribution is -0.282. The Balaban J connectivity index is 2.12. The van der Waals surface area contributed by atoms with Crippen molar-refractivity contribution in [3.63, 3.8) is 0 Å². The molecular formula is C16H25NO6. The minimum Gasteiger partial charge on any atom is -0.471 e. The predicted octanol–water partition coefficient (Wildman–Crippen LogP) is 0.589. The molecule has 0 fully saturated rings. The summed E-state index contributed by atoms with van der Waals surface area (Å²) in [5.41, 5.74) is 1.55. The molecule has 0 aromatic carbocycles. The first-order valence-corrected chi connectivity index (χ1v) is 7.82. The van der Waals surface area contributed by atoms with Gasteiger partial charge in [0.2, 0.25) is 12.7 Å². The maximum atomic E-state index is 11.9. The van der Waals surface area contributed by atoms with Crippen LogP contribution in [0.2, 0.25) is 0 Å². The summed E-state index contributed by atoms with van der Waals surface area (Å²) < 4.78 is 16.0. The molecule has 0 bridgehead atoms. The summed E-state index contributed by atoms with van der Waals surface area (Å²) in [6.45, 7) is 4.58. The lowest BCUT2D eigenvalue weighted by Crippen LogP contribution is -2.45. The SMILES string of the molecule is CCN(CCO)C(O)OC1OC=C(C(=O)OC)C2CC=C(C)C12. The van der Waals surface area contributed by atoms with E-state index < -0.39 is 18.7 Å². The number of carbonyl (C=O) groups is 1. The molecule has 0 radical (unpaired) electrons. The molecule has 0 aromatic rings. The van der Waals surface area contributed by atoms with Gasteiger partial charge in [-0.1, -0.05) is 18.6 Å². The fourth-order valence-electron chi connectivity index (χ4n) is 3.14. The van der Waals surface area contributed by atoms with Gasteiger partial charge in [-0.25, -0.2) is 4.79 Å². The summed E-state index contributed by atoms with van der Waals surface area (Å²) in [5, 5.41) is 19.2. The molecule has 130 valence electrons. The molecule has 0 saturated heterocycles. The number of rotatable bonds is 7. The number of carbonyl (C=O) groups excluding carboxylic acids is 1. The van der Waals surface area contributed by atoms with Crippen LogP contribution in [0.25, 0.3) is 0 Å². The molecule has 0 amide bonds. The van der Waals surface area contributed by atoms with E-state index in [0.29, 0.717) is 25.1 Å². The van der Waals surface area contributed by atoms with Crippen LogP contribution in [0.15, 0.2) is 23.5 Å². The Labute approximate surface area is 136 Å². The largest absolute Gasteiger partial charge is 0.471 e. The van der Waals surface area contributed by atoms with Gasteiger partial charge >= 0.3 is 5.97 Å². The third-order valence-corrected chi connectivity index (χ3v) is 4.46. The fourth-order valence-corrected chi connectivity index (χ4v) is 3.14. The van der Waals surface area contributed by atoms with Crippen molar-refractivity contribution in [2.75, 3.05) is 26.8 Å². The second-order valence-electron chi connectivity index (χ2n) is 5.70. The van der Waals surface area contributed by atoms with Gasteiger partial charge in [0.1, 0.15) is 0 Å². The van der Waals surface area contributed by atoms with Gasteiger partial charge in [0.25, 0.3) is 0 Å². The molecule has 1 aliphatic heterocycles. The average Bonchev–Trinajstić information content (AvgIpc) is 2.94. The summed E-state index contributed by atoms with van der Waals surface area (Å²) in [6.07, 6.45) is 2.27. The van der Waals surface area contributed by atoms with E-state index >= 15 is 0 Å². The standard InChI is InChI=1S/C16H25NO6/c1-4-17(7-8-18)16(20)23-15-13-10(2)5-6-11(13)12(9-22-15)14(19)21-3/h5,9,11,13,15-16,18,20H,4,6-8H2,1-3H3. The van der Waals surface area contributed by atoms with Gasteiger partial charge < -0.3 is 19.7 Å². The number of nitrogens with zero attached hydrogens (tertiary/aromatic N) is 1. The minimum atomic E-state index is -1.18. The summed E-state index contributed by atoms with van der Waals surface area (Å²) in [7, 11) is 1.34. The van der Waals surface area contributed by atoms with Gasteiger partial charge in [-0.2, -0.15) is 0 Å². The molecule has 0 aromatic heterocycles. The molecule has 4 unspecified atom stereocenters. The number of methoxy groups -OCH3 is 1. The quantitative estimate of drug-likeness (QED) is 0.402. The van der Waals surface area contributed by atoms with Crippen molar-refractivity contribution in [3.8, 4) is 0 Å². The van der Waals surface area contributed by atoms with Crippen LogP contribution < -0.4 is 0 Å². The van der Waals surface area contributed by atoms with Crippen LogP contribution >= 0.6 is 0 Å². The molecule has 1 heterocycles. The first-order valence-electron chi connectivity index (χ1n) is 7.82. The van der Waals surface area contributed by atoms with Crippen LogP contribution in [-0.4, -0.2) is 60.6 Å². The first-order chi connectivity index (χ1) is 11.0. The average molecular weight is 327 g/mol. The number of hydrogen-bond acceptors (Lipinski definition) is 7. The van der Waals surface area contributed by atoms with E-state index in [4.69, 9.17) is 19.3 Å². The molecule has 7 nitrogen and oxygen atoms in total. The lowest BCUT2D eigenvalue weighted by atomic mass is 9.84. The van der Waals surface area contributed by atoms with Crippen molar-refractivity contribution in [1.29, 1.82) is 0 Å². The summed E-state index contributed by atoms with van der Waals surface area (Å²) in [4.78, 5) is 13.5. The monoisotopic (exact) mass is 327 g/mol. The van der Waals surface area contributed by atoms with Crippen molar-refractivity contribution < 1.29 is 29.2 Å². The first kappa shape index (κ1) is 17.9. The third kappa shape index (κ3) is 3.74. The molecule has 0 spiro atoms. The number of aliphatic hydroxyl groups excluding tert-OH is 2. The summed E-state index contributed by atoms with van der Waals surface area (Å²) in [6, 6.07) is 0. The summed E-state index contributed by atoms with van der Waals surface area (Å²) in [5.74, 6) is -0.615. The van der Waals surface area contributed by atoms with Crippen LogP contribution in [0, 0.1) is 11.8 Å². The highest BCUT2D eigenvalue weighted by Gasteiger charge is 2.44. The van der Waals surface area contributed by atoms with E-state index in [1.54, 1.807) is 4.90 Å². The van der Waals surface area contributed by atoms with Crippen LogP contribution in [-0.2, 0) is 19.0 Å². The smallest absolute Gasteiger partial charge is 0.337 e. The maximum absolute atomic E-state index is 11.9. The molecule has 4 atom stereocenters. The number of esters is 1. The number of fused-ring (bicyclic) bond motifs is 1. The van der Waals surface area contributed by atoms with Gasteiger partial charge in [-0.15, -0.1) is 0 Å². The Kier molecular flexibility index (Phi) is 6.17. The predicted molar refractivity (Wildman–Crippen MR) is 81.8 cm³/mol. The van der Waals surface area contributed by atoms with Gasteiger partial charge in [0.05, 0.1) is 25.6 Å². The number of hydrogen-bond donors (Lipinski definition) is 2. The maximum Gasteiger partial charge on any atom is 0.337 e. The minimum absolute atomic E-state index is 0.0682. The molecule has 23 heavy (non-hydrogen) atoms. The van der Waals surface area contributed by atoms with E-state index in [1.807, 2.05) is 13.8 Å². The van der Waals surface area contributed by atoms with Crippen molar-refractivity contribution in [1.82, 2.24) is 4.90 Å². The van der Waals surface area contributed by atoms with E-state index in [1.165, 1.54) is 13.4 Å². The Morgan fingerprint density at radius 3 is 2.91 bits per heavy atom. The normalized spacial score (nSPS) is 27.8. The van der Waals surface area contributed by atoms with Crippen LogP contribution in [0.1, 0.15) is 20.3 Å². The van der Waals surface area contributed by atoms with Crippen molar-refractivity contribution >= 4 is 5.97 Å². The van der Waals surface area contributed by atoms with Gasteiger partial charge in [0.15, 0.2) is 0 Å². The number of ether oxygens (including phenoxy) is 3. The Morgan fingerprint density at radius 2 is 2.30 bits per heavy atom. The molecule has 2 aliphatic rings. The molecule has 2 rings (SSSR count). The highest BCUT2D eigenvalue weighted by molar-refractivity contribution is 5.89. The Morgan fingerprint density at radius 1 is 1.57 bits per heavy atom. The zero-order valence-electron chi connectivity index (χ0n) is 13.8. The van der Waals surface area contributed by atoms with Crippen molar-refractivity contribution in [2.24, 2.45) is 11.8 Å². The van der Waals surface area contributed by atoms with E-state index in [2.05, 4.69) is 6.08 Å². The summed E-state index contributed by atoms with van der Waals surface area (Å²) >= 11 is 0. The Bertz CT molecular complexity index is 489. The van der Waals surface area contributed by atoms with Crippen LogP contribution in [0.3, 0.4) is 0 Å². The van der Waals surface area contributed by atoms with Crippen LogP contribution in [0.5, 0.6) is 0 Å². The van der Waals surface area contributed by atoms with E-state index in [-0.39, 0.29) is 18.4 Å². The molecule has 0 saturated carbocycles. The Hall–Kier alpha value is -1.41. The fraction of sp³-hybridized carbons (Fsp3) is 0.688. The highest BCUT2D eigenvalue weighted by atomic mass is 16.7. The zero-order chi connectivity index (χ0) is 17.0. The van der Waals surface area contributed by atoms with E-state index in [0.717, 1.165) is 5.57 Å². The molecule has 7 heteroatoms.